The molecule has 0 unspecified atom stereocenters. The van der Waals surface area contributed by atoms with Gasteiger partial charge in [0.1, 0.15) is 0 Å². The van der Waals surface area contributed by atoms with Crippen LogP contribution >= 0.6 is 0 Å². The maximum atomic E-state index is 12.7. The van der Waals surface area contributed by atoms with Crippen LogP contribution in [-0.2, 0) is 14.8 Å². The van der Waals surface area contributed by atoms with Crippen molar-refractivity contribution < 1.29 is 13.2 Å². The number of hydrogen-bond acceptors (Lipinski definition) is 3. The fraction of sp³-hybridized carbons (Fsp3) is 0.682. The Kier molecular flexibility index (Phi) is 5.19. The molecule has 1 amide bonds. The first-order chi connectivity index (χ1) is 13.2. The number of nitrogens with zero attached hydrogens (tertiary/aromatic N) is 1. The topological polar surface area (TPSA) is 66.5 Å². The van der Waals surface area contributed by atoms with Crippen molar-refractivity contribution in [2.45, 2.75) is 63.8 Å². The third-order valence-electron chi connectivity index (χ3n) is 6.99. The number of carbonyl (C=O) groups excluding carboxylic acids is 1. The summed E-state index contributed by atoms with van der Waals surface area (Å²) >= 11 is 0. The molecule has 0 radical (unpaired) electrons. The lowest BCUT2D eigenvalue weighted by molar-refractivity contribution is -0.126. The molecule has 4 fully saturated rings. The second kappa shape index (κ2) is 7.36. The maximum absolute atomic E-state index is 12.7. The Bertz CT molecular complexity index is 814. The molecule has 1 aromatic carbocycles. The second-order valence-electron chi connectivity index (χ2n) is 9.47. The van der Waals surface area contributed by atoms with Crippen LogP contribution < -0.4 is 9.62 Å². The number of sulfonamides is 1. The van der Waals surface area contributed by atoms with Crippen LogP contribution in [0.3, 0.4) is 0 Å². The van der Waals surface area contributed by atoms with E-state index in [9.17, 15) is 13.2 Å². The highest BCUT2D eigenvalue weighted by molar-refractivity contribution is 7.92. The highest BCUT2D eigenvalue weighted by atomic mass is 32.2. The van der Waals surface area contributed by atoms with Crippen LogP contribution in [0.1, 0.15) is 56.9 Å². The number of rotatable bonds is 7. The molecule has 28 heavy (non-hydrogen) atoms. The number of carbonyl (C=O) groups is 1. The van der Waals surface area contributed by atoms with Crippen molar-refractivity contribution in [3.8, 4) is 0 Å². The quantitative estimate of drug-likeness (QED) is 0.755. The van der Waals surface area contributed by atoms with Crippen LogP contribution in [-0.4, -0.2) is 32.7 Å². The van der Waals surface area contributed by atoms with Crippen LogP contribution in [0.4, 0.5) is 5.69 Å². The molecular weight excluding hydrogens is 372 g/mol. The van der Waals surface area contributed by atoms with Crippen molar-refractivity contribution in [1.82, 2.24) is 5.32 Å². The van der Waals surface area contributed by atoms with E-state index in [1.54, 1.807) is 0 Å². The number of anilines is 1. The van der Waals surface area contributed by atoms with E-state index in [0.29, 0.717) is 25.1 Å². The monoisotopic (exact) mass is 404 g/mol. The van der Waals surface area contributed by atoms with Crippen molar-refractivity contribution >= 4 is 21.6 Å². The number of hydrogen-bond donors (Lipinski definition) is 1. The van der Waals surface area contributed by atoms with Gasteiger partial charge in [0.2, 0.25) is 15.9 Å². The summed E-state index contributed by atoms with van der Waals surface area (Å²) in [5.74, 6) is 2.48. The minimum Gasteiger partial charge on any atom is -0.351 e. The number of para-hydroxylation sites is 1. The van der Waals surface area contributed by atoms with E-state index in [2.05, 4.69) is 5.32 Å². The predicted molar refractivity (Wildman–Crippen MR) is 112 cm³/mol. The van der Waals surface area contributed by atoms with Gasteiger partial charge in [0.05, 0.1) is 11.9 Å². The fourth-order valence-electron chi connectivity index (χ4n) is 6.31. The molecule has 0 spiro atoms. The number of nitrogens with one attached hydrogen (secondary N) is 1. The van der Waals surface area contributed by atoms with Gasteiger partial charge in [0.25, 0.3) is 0 Å². The molecule has 4 aliphatic rings. The lowest BCUT2D eigenvalue weighted by Gasteiger charge is -2.56. The summed E-state index contributed by atoms with van der Waals surface area (Å²) in [6, 6.07) is 7.48. The van der Waals surface area contributed by atoms with E-state index in [4.69, 9.17) is 0 Å². The molecule has 0 aromatic heterocycles. The Hall–Kier alpha value is -1.56. The Labute approximate surface area is 168 Å². The highest BCUT2D eigenvalue weighted by Gasteiger charge is 2.51. The minimum absolute atomic E-state index is 0.0262. The second-order valence-corrected chi connectivity index (χ2v) is 11.4. The molecule has 0 atom stereocenters. The van der Waals surface area contributed by atoms with Crippen molar-refractivity contribution in [3.63, 3.8) is 0 Å². The number of aryl methyl sites for hydroxylation is 1. The normalized spacial score (nSPS) is 31.0. The van der Waals surface area contributed by atoms with Gasteiger partial charge >= 0.3 is 0 Å². The van der Waals surface area contributed by atoms with Crippen molar-refractivity contribution in [2.24, 2.45) is 17.8 Å². The largest absolute Gasteiger partial charge is 0.351 e. The molecule has 4 aliphatic carbocycles. The lowest BCUT2D eigenvalue weighted by Crippen LogP contribution is -2.59. The van der Waals surface area contributed by atoms with Gasteiger partial charge < -0.3 is 5.32 Å². The summed E-state index contributed by atoms with van der Waals surface area (Å²) in [6.07, 6.45) is 9.63. The van der Waals surface area contributed by atoms with E-state index >= 15 is 0 Å². The van der Waals surface area contributed by atoms with Crippen LogP contribution in [0.25, 0.3) is 0 Å². The van der Waals surface area contributed by atoms with E-state index in [-0.39, 0.29) is 11.4 Å². The third kappa shape index (κ3) is 4.07. The van der Waals surface area contributed by atoms with Crippen LogP contribution in [0.2, 0.25) is 0 Å². The van der Waals surface area contributed by atoms with Crippen molar-refractivity contribution in [3.05, 3.63) is 29.8 Å². The summed E-state index contributed by atoms with van der Waals surface area (Å²) in [7, 11) is -3.38. The van der Waals surface area contributed by atoms with Crippen LogP contribution in [0.15, 0.2) is 24.3 Å². The van der Waals surface area contributed by atoms with Crippen molar-refractivity contribution in [2.75, 3.05) is 17.1 Å². The first-order valence-corrected chi connectivity index (χ1v) is 12.4. The average Bonchev–Trinajstić information content (AvgIpc) is 2.57. The van der Waals surface area contributed by atoms with Gasteiger partial charge in [0.15, 0.2) is 0 Å². The summed E-state index contributed by atoms with van der Waals surface area (Å²) in [4.78, 5) is 12.7. The SMILES string of the molecule is Cc1ccccc1N(CCCC(=O)NC12CC3CC(CC(C3)C1)C2)S(C)(=O)=O. The van der Waals surface area contributed by atoms with Gasteiger partial charge in [-0.05, 0) is 81.3 Å². The highest BCUT2D eigenvalue weighted by Crippen LogP contribution is 2.55. The predicted octanol–water partition coefficient (Wildman–Crippen LogP) is 3.63. The van der Waals surface area contributed by atoms with Gasteiger partial charge in [-0.2, -0.15) is 0 Å². The first kappa shape index (κ1) is 19.7. The molecule has 1 aromatic rings. The lowest BCUT2D eigenvalue weighted by atomic mass is 9.53. The molecule has 1 N–H and O–H groups in total. The standard InChI is InChI=1S/C22H32N2O3S/c1-16-6-3-4-7-20(16)24(28(2,26)27)9-5-8-21(25)23-22-13-17-10-18(14-22)12-19(11-17)15-22/h3-4,6-7,17-19H,5,8-15H2,1-2H3,(H,23,25). The Morgan fingerprint density at radius 2 is 1.68 bits per heavy atom. The Morgan fingerprint density at radius 3 is 2.21 bits per heavy atom. The molecular formula is C22H32N2O3S. The maximum Gasteiger partial charge on any atom is 0.232 e. The first-order valence-electron chi connectivity index (χ1n) is 10.6. The molecule has 5 rings (SSSR count). The molecule has 4 bridgehead atoms. The van der Waals surface area contributed by atoms with E-state index < -0.39 is 10.0 Å². The number of benzene rings is 1. The van der Waals surface area contributed by atoms with Gasteiger partial charge in [-0.15, -0.1) is 0 Å². The summed E-state index contributed by atoms with van der Waals surface area (Å²) in [6.45, 7) is 2.24. The smallest absolute Gasteiger partial charge is 0.232 e. The number of amides is 1. The molecule has 154 valence electrons. The molecule has 0 heterocycles. The van der Waals surface area contributed by atoms with E-state index in [1.165, 1.54) is 29.8 Å². The van der Waals surface area contributed by atoms with Crippen LogP contribution in [0.5, 0.6) is 0 Å². The minimum atomic E-state index is -3.38. The molecule has 5 nitrogen and oxygen atoms in total. The zero-order valence-corrected chi connectivity index (χ0v) is 17.8. The van der Waals surface area contributed by atoms with Gasteiger partial charge in [-0.1, -0.05) is 18.2 Å². The van der Waals surface area contributed by atoms with Crippen molar-refractivity contribution in [1.29, 1.82) is 0 Å². The zero-order valence-electron chi connectivity index (χ0n) is 17.0. The Balaban J connectivity index is 1.35. The molecule has 0 aliphatic heterocycles. The molecule has 6 heteroatoms. The summed E-state index contributed by atoms with van der Waals surface area (Å²) < 4.78 is 26.0. The molecule has 0 saturated heterocycles. The average molecular weight is 405 g/mol. The van der Waals surface area contributed by atoms with Gasteiger partial charge in [-0.25, -0.2) is 8.42 Å². The summed E-state index contributed by atoms with van der Waals surface area (Å²) in [5.41, 5.74) is 1.65. The molecule has 4 saturated carbocycles. The van der Waals surface area contributed by atoms with Crippen LogP contribution in [0, 0.1) is 24.7 Å². The van der Waals surface area contributed by atoms with Gasteiger partial charge in [0, 0.05) is 18.5 Å². The summed E-state index contributed by atoms with van der Waals surface area (Å²) in [5, 5.41) is 3.38. The zero-order chi connectivity index (χ0) is 19.9. The van der Waals surface area contributed by atoms with E-state index in [0.717, 1.165) is 42.6 Å². The van der Waals surface area contributed by atoms with E-state index in [1.807, 2.05) is 31.2 Å². The Morgan fingerprint density at radius 1 is 1.11 bits per heavy atom. The van der Waals surface area contributed by atoms with Gasteiger partial charge in [-0.3, -0.25) is 9.10 Å². The fourth-order valence-corrected chi connectivity index (χ4v) is 7.34. The third-order valence-corrected chi connectivity index (χ3v) is 8.17.